The molecule has 0 spiro atoms. The van der Waals surface area contributed by atoms with Crippen LogP contribution in [0.1, 0.15) is 24.6 Å². The van der Waals surface area contributed by atoms with E-state index in [2.05, 4.69) is 10.5 Å². The second kappa shape index (κ2) is 7.30. The summed E-state index contributed by atoms with van der Waals surface area (Å²) in [7, 11) is -3.27. The fourth-order valence-corrected chi connectivity index (χ4v) is 4.02. The molecule has 1 saturated heterocycles. The minimum Gasteiger partial charge on any atom is -0.273 e. The van der Waals surface area contributed by atoms with Gasteiger partial charge in [-0.2, -0.15) is 9.49 Å². The number of carbonyl (C=O) groups excluding carboxylic acids is 1. The van der Waals surface area contributed by atoms with Crippen LogP contribution in [0.15, 0.2) is 17.2 Å². The van der Waals surface area contributed by atoms with Gasteiger partial charge in [0.2, 0.25) is 15.9 Å². The van der Waals surface area contributed by atoms with Gasteiger partial charge in [0, 0.05) is 13.1 Å². The lowest BCUT2D eigenvalue weighted by atomic mass is 9.99. The minimum atomic E-state index is -3.27. The number of sulfonamides is 1. The molecule has 0 aromatic carbocycles. The Morgan fingerprint density at radius 3 is 3.00 bits per heavy atom. The van der Waals surface area contributed by atoms with Crippen molar-refractivity contribution in [3.63, 3.8) is 0 Å². The number of rotatable bonds is 5. The van der Waals surface area contributed by atoms with Crippen LogP contribution in [-0.2, 0) is 14.8 Å². The molecular weight excluding hydrogens is 329 g/mol. The second-order valence-corrected chi connectivity index (χ2v) is 8.30. The third-order valence-electron chi connectivity index (χ3n) is 3.47. The minimum absolute atomic E-state index is 0.0312. The molecule has 22 heavy (non-hydrogen) atoms. The number of nitrogens with zero attached hydrogens (tertiary/aromatic N) is 2. The zero-order chi connectivity index (χ0) is 16.2. The first-order valence-electron chi connectivity index (χ1n) is 6.98. The predicted octanol–water partition coefficient (Wildman–Crippen LogP) is 1.40. The fraction of sp³-hybridized carbons (Fsp3) is 0.538. The predicted molar refractivity (Wildman–Crippen MR) is 83.8 cm³/mol. The summed E-state index contributed by atoms with van der Waals surface area (Å²) in [6.07, 6.45) is 2.65. The topological polar surface area (TPSA) is 78.8 Å². The van der Waals surface area contributed by atoms with Crippen molar-refractivity contribution in [1.29, 1.82) is 0 Å². The van der Waals surface area contributed by atoms with Crippen molar-refractivity contribution in [2.75, 3.05) is 18.8 Å². The van der Waals surface area contributed by atoms with Crippen LogP contribution in [-0.4, -0.2) is 43.7 Å². The van der Waals surface area contributed by atoms with Gasteiger partial charge in [0.25, 0.3) is 0 Å². The Bertz CT molecular complexity index is 657. The zero-order valence-corrected chi connectivity index (χ0v) is 13.8. The van der Waals surface area contributed by atoms with Crippen molar-refractivity contribution < 1.29 is 17.6 Å². The van der Waals surface area contributed by atoms with Crippen molar-refractivity contribution in [2.45, 2.75) is 19.8 Å². The third kappa shape index (κ3) is 4.34. The fourth-order valence-electron chi connectivity index (χ4n) is 2.24. The number of carbonyl (C=O) groups is 1. The Morgan fingerprint density at radius 1 is 1.59 bits per heavy atom. The summed E-state index contributed by atoms with van der Waals surface area (Å²) in [6.45, 7) is 2.23. The molecule has 2 heterocycles. The van der Waals surface area contributed by atoms with Gasteiger partial charge in [-0.1, -0.05) is 0 Å². The van der Waals surface area contributed by atoms with Crippen LogP contribution in [0, 0.1) is 11.0 Å². The van der Waals surface area contributed by atoms with Crippen LogP contribution >= 0.6 is 11.3 Å². The smallest absolute Gasteiger partial charge is 0.244 e. The zero-order valence-electron chi connectivity index (χ0n) is 12.2. The van der Waals surface area contributed by atoms with E-state index >= 15 is 0 Å². The summed E-state index contributed by atoms with van der Waals surface area (Å²) in [5, 5.41) is 3.47. The largest absolute Gasteiger partial charge is 0.273 e. The van der Waals surface area contributed by atoms with E-state index in [0.29, 0.717) is 24.3 Å². The van der Waals surface area contributed by atoms with Crippen LogP contribution in [0.5, 0.6) is 0 Å². The van der Waals surface area contributed by atoms with E-state index in [4.69, 9.17) is 0 Å². The number of hydrogen-bond donors (Lipinski definition) is 1. The Hall–Kier alpha value is -1.32. The molecule has 1 fully saturated rings. The maximum absolute atomic E-state index is 12.8. The highest BCUT2D eigenvalue weighted by atomic mass is 32.2. The monoisotopic (exact) mass is 347 g/mol. The number of amides is 1. The maximum Gasteiger partial charge on any atom is 0.244 e. The first kappa shape index (κ1) is 17.0. The molecule has 1 aliphatic heterocycles. The van der Waals surface area contributed by atoms with Crippen LogP contribution in [0.3, 0.4) is 0 Å². The number of thiophene rings is 1. The van der Waals surface area contributed by atoms with E-state index in [1.54, 1.807) is 13.0 Å². The Kier molecular flexibility index (Phi) is 5.65. The molecule has 1 atom stereocenters. The van der Waals surface area contributed by atoms with Gasteiger partial charge >= 0.3 is 0 Å². The van der Waals surface area contributed by atoms with E-state index in [-0.39, 0.29) is 23.3 Å². The molecule has 122 valence electrons. The van der Waals surface area contributed by atoms with Gasteiger partial charge in [-0.3, -0.25) is 4.79 Å². The molecule has 0 radical (unpaired) electrons. The SMILES string of the molecule is CCS(=O)(=O)N1CCC[C@@H](C(=O)N/N=C\c2ccc(F)s2)C1. The molecule has 1 aromatic rings. The van der Waals surface area contributed by atoms with E-state index in [9.17, 15) is 17.6 Å². The van der Waals surface area contributed by atoms with E-state index in [1.165, 1.54) is 16.6 Å². The van der Waals surface area contributed by atoms with Crippen LogP contribution in [0.2, 0.25) is 0 Å². The van der Waals surface area contributed by atoms with E-state index < -0.39 is 15.9 Å². The average Bonchev–Trinajstić information content (AvgIpc) is 2.92. The normalized spacial score (nSPS) is 20.4. The van der Waals surface area contributed by atoms with Gasteiger partial charge in [-0.15, -0.1) is 11.3 Å². The van der Waals surface area contributed by atoms with Crippen LogP contribution < -0.4 is 5.43 Å². The molecule has 2 rings (SSSR count). The van der Waals surface area contributed by atoms with Gasteiger partial charge in [-0.05, 0) is 31.9 Å². The van der Waals surface area contributed by atoms with Crippen LogP contribution in [0.4, 0.5) is 4.39 Å². The first-order chi connectivity index (χ1) is 10.4. The number of hydrazone groups is 1. The van der Waals surface area contributed by atoms with Gasteiger partial charge in [0.1, 0.15) is 0 Å². The summed E-state index contributed by atoms with van der Waals surface area (Å²) in [5.41, 5.74) is 2.39. The van der Waals surface area contributed by atoms with Crippen molar-refractivity contribution in [1.82, 2.24) is 9.73 Å². The highest BCUT2D eigenvalue weighted by Gasteiger charge is 2.31. The van der Waals surface area contributed by atoms with Crippen molar-refractivity contribution in [3.05, 3.63) is 22.1 Å². The van der Waals surface area contributed by atoms with Gasteiger partial charge in [-0.25, -0.2) is 18.1 Å². The lowest BCUT2D eigenvalue weighted by molar-refractivity contribution is -0.126. The number of halogens is 1. The molecule has 1 N–H and O–H groups in total. The standard InChI is InChI=1S/C13H18FN3O3S2/c1-2-22(19,20)17-7-3-4-10(9-17)13(18)16-15-8-11-5-6-12(14)21-11/h5-6,8,10H,2-4,7,9H2,1H3,(H,16,18)/b15-8-/t10-/m1/s1. The first-order valence-corrected chi connectivity index (χ1v) is 9.41. The van der Waals surface area contributed by atoms with E-state index in [1.807, 2.05) is 0 Å². The molecule has 1 amide bonds. The number of hydrogen-bond acceptors (Lipinski definition) is 5. The quantitative estimate of drug-likeness (QED) is 0.646. The summed E-state index contributed by atoms with van der Waals surface area (Å²) in [5.74, 6) is -0.694. The van der Waals surface area contributed by atoms with Crippen molar-refractivity contribution >= 4 is 33.5 Å². The molecule has 1 aliphatic rings. The average molecular weight is 347 g/mol. The van der Waals surface area contributed by atoms with E-state index in [0.717, 1.165) is 11.3 Å². The Morgan fingerprint density at radius 2 is 2.36 bits per heavy atom. The molecule has 0 saturated carbocycles. The summed E-state index contributed by atoms with van der Waals surface area (Å²) in [4.78, 5) is 12.6. The molecule has 6 nitrogen and oxygen atoms in total. The lowest BCUT2D eigenvalue weighted by Gasteiger charge is -2.30. The maximum atomic E-state index is 12.8. The Balaban J connectivity index is 1.91. The molecule has 0 aliphatic carbocycles. The summed E-state index contributed by atoms with van der Waals surface area (Å²) < 4.78 is 37.9. The third-order valence-corrected chi connectivity index (χ3v) is 6.13. The number of nitrogens with one attached hydrogen (secondary N) is 1. The Labute approximate surface area is 133 Å². The highest BCUT2D eigenvalue weighted by Crippen LogP contribution is 2.19. The van der Waals surface area contributed by atoms with Crippen LogP contribution in [0.25, 0.3) is 0 Å². The van der Waals surface area contributed by atoms with Gasteiger partial charge in [0.05, 0.1) is 22.8 Å². The van der Waals surface area contributed by atoms with Crippen molar-refractivity contribution in [2.24, 2.45) is 11.0 Å². The van der Waals surface area contributed by atoms with Gasteiger partial charge in [0.15, 0.2) is 5.13 Å². The highest BCUT2D eigenvalue weighted by molar-refractivity contribution is 7.89. The molecule has 1 aromatic heterocycles. The molecular formula is C13H18FN3O3S2. The molecule has 0 unspecified atom stereocenters. The second-order valence-electron chi connectivity index (χ2n) is 4.97. The summed E-state index contributed by atoms with van der Waals surface area (Å²) in [6, 6.07) is 2.88. The molecule has 0 bridgehead atoms. The van der Waals surface area contributed by atoms with Crippen molar-refractivity contribution in [3.8, 4) is 0 Å². The van der Waals surface area contributed by atoms with Gasteiger partial charge < -0.3 is 0 Å². The summed E-state index contributed by atoms with van der Waals surface area (Å²) >= 11 is 0.927. The number of piperidine rings is 1. The lowest BCUT2D eigenvalue weighted by Crippen LogP contribution is -2.45. The molecule has 9 heteroatoms.